The van der Waals surface area contributed by atoms with Crippen LogP contribution in [0.5, 0.6) is 0 Å². The predicted octanol–water partition coefficient (Wildman–Crippen LogP) is 0.463. The second-order valence-corrected chi connectivity index (χ2v) is 7.84. The van der Waals surface area contributed by atoms with Gasteiger partial charge in [-0.25, -0.2) is 4.98 Å². The van der Waals surface area contributed by atoms with Crippen molar-refractivity contribution in [2.24, 2.45) is 0 Å². The van der Waals surface area contributed by atoms with E-state index >= 15 is 0 Å². The fourth-order valence-electron chi connectivity index (χ4n) is 4.28. The van der Waals surface area contributed by atoms with Crippen LogP contribution in [0.4, 0.5) is 0 Å². The molecule has 0 aliphatic carbocycles. The fourth-order valence-corrected chi connectivity index (χ4v) is 4.28. The van der Waals surface area contributed by atoms with E-state index in [1.807, 2.05) is 7.05 Å². The summed E-state index contributed by atoms with van der Waals surface area (Å²) in [4.78, 5) is 48.2. The van der Waals surface area contributed by atoms with Gasteiger partial charge >= 0.3 is 0 Å². The summed E-state index contributed by atoms with van der Waals surface area (Å²) in [5.41, 5.74) is 0.0169. The second kappa shape index (κ2) is 7.01. The number of nitrogens with zero attached hydrogens (tertiary/aromatic N) is 5. The van der Waals surface area contributed by atoms with E-state index in [0.29, 0.717) is 44.7 Å². The van der Waals surface area contributed by atoms with Crippen LogP contribution in [0.25, 0.3) is 5.65 Å². The van der Waals surface area contributed by atoms with E-state index in [0.717, 1.165) is 6.42 Å². The third-order valence-corrected chi connectivity index (χ3v) is 6.27. The number of amides is 2. The Morgan fingerprint density at radius 1 is 1.11 bits per heavy atom. The van der Waals surface area contributed by atoms with Gasteiger partial charge in [0.05, 0.1) is 0 Å². The summed E-state index contributed by atoms with van der Waals surface area (Å²) in [6.07, 6.45) is 5.01. The standard InChI is InChI=1S/C20H25N5O3/c1-22-10-8-20(7-6-17(22)26)14-24(12-11-23(20)2)18(27)15-13-21-16-5-3-4-9-25(16)19(15)28/h3-5,9,13H,6-8,10-12,14H2,1-2H3. The van der Waals surface area contributed by atoms with E-state index in [-0.39, 0.29) is 28.5 Å². The molecule has 8 heteroatoms. The van der Waals surface area contributed by atoms with Crippen molar-refractivity contribution in [3.05, 3.63) is 46.5 Å². The van der Waals surface area contributed by atoms with E-state index in [1.165, 1.54) is 10.6 Å². The van der Waals surface area contributed by atoms with Crippen LogP contribution in [-0.4, -0.2) is 81.7 Å². The van der Waals surface area contributed by atoms with Crippen LogP contribution >= 0.6 is 0 Å². The lowest BCUT2D eigenvalue weighted by molar-refractivity contribution is -0.129. The lowest BCUT2D eigenvalue weighted by Crippen LogP contribution is -2.62. The predicted molar refractivity (Wildman–Crippen MR) is 104 cm³/mol. The van der Waals surface area contributed by atoms with E-state index < -0.39 is 0 Å². The number of carbonyl (C=O) groups is 2. The number of hydrogen-bond donors (Lipinski definition) is 0. The average Bonchev–Trinajstić information content (AvgIpc) is 2.85. The van der Waals surface area contributed by atoms with Gasteiger partial charge in [0.2, 0.25) is 5.91 Å². The molecule has 2 amide bonds. The number of piperazine rings is 1. The van der Waals surface area contributed by atoms with Crippen LogP contribution in [0, 0.1) is 0 Å². The van der Waals surface area contributed by atoms with Gasteiger partial charge in [-0.15, -0.1) is 0 Å². The van der Waals surface area contributed by atoms with Crippen LogP contribution in [0.1, 0.15) is 29.6 Å². The van der Waals surface area contributed by atoms with Gasteiger partial charge in [0, 0.05) is 57.6 Å². The van der Waals surface area contributed by atoms with Crippen molar-refractivity contribution in [3.8, 4) is 0 Å². The number of hydrogen-bond acceptors (Lipinski definition) is 5. The Balaban J connectivity index is 1.63. The molecule has 0 N–H and O–H groups in total. The third kappa shape index (κ3) is 3.07. The Bertz CT molecular complexity index is 987. The van der Waals surface area contributed by atoms with Gasteiger partial charge in [-0.1, -0.05) is 6.07 Å². The van der Waals surface area contributed by atoms with Gasteiger partial charge in [0.15, 0.2) is 0 Å². The molecule has 2 aromatic rings. The molecule has 4 rings (SSSR count). The highest BCUT2D eigenvalue weighted by molar-refractivity contribution is 5.94. The summed E-state index contributed by atoms with van der Waals surface area (Å²) in [7, 11) is 3.89. The van der Waals surface area contributed by atoms with E-state index in [1.54, 1.807) is 34.2 Å². The molecule has 28 heavy (non-hydrogen) atoms. The number of likely N-dealkylation sites (N-methyl/N-ethyl adjacent to an activating group) is 1. The first-order valence-corrected chi connectivity index (χ1v) is 9.62. The van der Waals surface area contributed by atoms with Crippen LogP contribution in [0.3, 0.4) is 0 Å². The number of carbonyl (C=O) groups excluding carboxylic acids is 2. The summed E-state index contributed by atoms with van der Waals surface area (Å²) in [5, 5.41) is 0. The Kier molecular flexibility index (Phi) is 4.66. The highest BCUT2D eigenvalue weighted by Crippen LogP contribution is 2.32. The molecule has 0 aromatic carbocycles. The minimum absolute atomic E-state index is 0.0882. The molecule has 2 aromatic heterocycles. The van der Waals surface area contributed by atoms with Crippen molar-refractivity contribution < 1.29 is 9.59 Å². The van der Waals surface area contributed by atoms with E-state index in [2.05, 4.69) is 16.9 Å². The molecule has 4 heterocycles. The molecule has 0 saturated carbocycles. The second-order valence-electron chi connectivity index (χ2n) is 7.84. The molecule has 0 radical (unpaired) electrons. The number of rotatable bonds is 1. The van der Waals surface area contributed by atoms with Gasteiger partial charge in [0.1, 0.15) is 11.2 Å². The number of likely N-dealkylation sites (tertiary alicyclic amines) is 1. The quantitative estimate of drug-likeness (QED) is 0.715. The molecule has 2 aliphatic rings. The molecule has 8 nitrogen and oxygen atoms in total. The number of pyridine rings is 1. The van der Waals surface area contributed by atoms with Crippen LogP contribution < -0.4 is 5.56 Å². The minimum atomic E-state index is -0.348. The summed E-state index contributed by atoms with van der Waals surface area (Å²) >= 11 is 0. The molecule has 0 bridgehead atoms. The Hall–Kier alpha value is -2.74. The molecule has 2 aliphatic heterocycles. The Labute approximate surface area is 163 Å². The normalized spacial score (nSPS) is 24.0. The topological polar surface area (TPSA) is 78.2 Å². The number of aromatic nitrogens is 2. The van der Waals surface area contributed by atoms with Crippen molar-refractivity contribution in [2.45, 2.75) is 24.8 Å². The summed E-state index contributed by atoms with van der Waals surface area (Å²) in [5.74, 6) is -0.141. The molecular weight excluding hydrogens is 358 g/mol. The summed E-state index contributed by atoms with van der Waals surface area (Å²) in [6, 6.07) is 5.28. The molecule has 1 spiro atoms. The Morgan fingerprint density at radius 2 is 1.93 bits per heavy atom. The molecule has 1 unspecified atom stereocenters. The zero-order chi connectivity index (χ0) is 19.9. The first-order valence-electron chi connectivity index (χ1n) is 9.62. The van der Waals surface area contributed by atoms with E-state index in [4.69, 9.17) is 0 Å². The first-order chi connectivity index (χ1) is 13.4. The zero-order valence-electron chi connectivity index (χ0n) is 16.3. The summed E-state index contributed by atoms with van der Waals surface area (Å²) in [6.45, 7) is 2.45. The highest BCUT2D eigenvalue weighted by Gasteiger charge is 2.43. The molecule has 148 valence electrons. The van der Waals surface area contributed by atoms with Crippen LogP contribution in [0.15, 0.2) is 35.4 Å². The zero-order valence-corrected chi connectivity index (χ0v) is 16.3. The monoisotopic (exact) mass is 383 g/mol. The van der Waals surface area contributed by atoms with Gasteiger partial charge in [-0.3, -0.25) is 23.7 Å². The van der Waals surface area contributed by atoms with E-state index in [9.17, 15) is 14.4 Å². The maximum atomic E-state index is 13.2. The SMILES string of the molecule is CN1CCC2(CCC1=O)CN(C(=O)c1cnc3ccccn3c1=O)CCN2C. The van der Waals surface area contributed by atoms with Crippen molar-refractivity contribution in [2.75, 3.05) is 40.3 Å². The van der Waals surface area contributed by atoms with Gasteiger partial charge in [0.25, 0.3) is 11.5 Å². The Morgan fingerprint density at radius 3 is 2.75 bits per heavy atom. The lowest BCUT2D eigenvalue weighted by atomic mass is 9.86. The van der Waals surface area contributed by atoms with Crippen molar-refractivity contribution in [1.82, 2.24) is 24.1 Å². The fraction of sp³-hybridized carbons (Fsp3) is 0.500. The smallest absolute Gasteiger partial charge is 0.270 e. The average molecular weight is 383 g/mol. The summed E-state index contributed by atoms with van der Waals surface area (Å²) < 4.78 is 1.40. The maximum absolute atomic E-state index is 13.2. The minimum Gasteiger partial charge on any atom is -0.346 e. The van der Waals surface area contributed by atoms with Crippen molar-refractivity contribution in [3.63, 3.8) is 0 Å². The van der Waals surface area contributed by atoms with Crippen molar-refractivity contribution >= 4 is 17.5 Å². The van der Waals surface area contributed by atoms with Crippen LogP contribution in [-0.2, 0) is 4.79 Å². The van der Waals surface area contributed by atoms with Gasteiger partial charge < -0.3 is 9.80 Å². The number of fused-ring (bicyclic) bond motifs is 1. The molecule has 2 fully saturated rings. The molecule has 2 saturated heterocycles. The van der Waals surface area contributed by atoms with Gasteiger partial charge in [-0.2, -0.15) is 0 Å². The molecular formula is C20H25N5O3. The van der Waals surface area contributed by atoms with Gasteiger partial charge in [-0.05, 0) is 32.0 Å². The maximum Gasteiger partial charge on any atom is 0.270 e. The van der Waals surface area contributed by atoms with Crippen molar-refractivity contribution in [1.29, 1.82) is 0 Å². The largest absolute Gasteiger partial charge is 0.346 e. The van der Waals surface area contributed by atoms with Crippen LogP contribution in [0.2, 0.25) is 0 Å². The molecule has 1 atom stereocenters. The lowest BCUT2D eigenvalue weighted by Gasteiger charge is -2.49. The third-order valence-electron chi connectivity index (χ3n) is 6.27. The first kappa shape index (κ1) is 18.6. The highest BCUT2D eigenvalue weighted by atomic mass is 16.2.